The minimum atomic E-state index is 0.752. The predicted octanol–water partition coefficient (Wildman–Crippen LogP) is 0.823. The van der Waals surface area contributed by atoms with Crippen molar-refractivity contribution in [2.24, 2.45) is 0 Å². The number of thioether (sulfide) groups is 1. The van der Waals surface area contributed by atoms with Gasteiger partial charge < -0.3 is 9.64 Å². The maximum Gasteiger partial charge on any atom is 0.0600 e. The van der Waals surface area contributed by atoms with E-state index in [0.29, 0.717) is 0 Å². The number of ether oxygens (including phenoxy) is 1. The van der Waals surface area contributed by atoms with Gasteiger partial charge in [-0.25, -0.2) is 0 Å². The molecule has 2 atom stereocenters. The first-order valence-corrected chi connectivity index (χ1v) is 5.32. The van der Waals surface area contributed by atoms with Crippen molar-refractivity contribution in [1.29, 1.82) is 0 Å². The zero-order valence-electron chi connectivity index (χ0n) is 6.95. The number of nitrogens with zero attached hydrogens (tertiary/aromatic N) is 1. The molecule has 0 radical (unpaired) electrons. The van der Waals surface area contributed by atoms with Crippen LogP contribution in [0.1, 0.15) is 6.42 Å². The van der Waals surface area contributed by atoms with Crippen molar-refractivity contribution < 1.29 is 4.74 Å². The molecule has 0 bridgehead atoms. The fourth-order valence-electron chi connectivity index (χ4n) is 1.88. The Morgan fingerprint density at radius 2 is 2.45 bits per heavy atom. The molecule has 0 aromatic heterocycles. The van der Waals surface area contributed by atoms with Gasteiger partial charge in [0, 0.05) is 30.2 Å². The Morgan fingerprint density at radius 1 is 1.55 bits per heavy atom. The number of hydrogen-bond donors (Lipinski definition) is 0. The van der Waals surface area contributed by atoms with Crippen molar-refractivity contribution in [3.63, 3.8) is 0 Å². The van der Waals surface area contributed by atoms with Gasteiger partial charge in [-0.2, -0.15) is 11.8 Å². The second-order valence-electron chi connectivity index (χ2n) is 3.32. The van der Waals surface area contributed by atoms with Gasteiger partial charge in [-0.3, -0.25) is 0 Å². The molecule has 2 unspecified atom stereocenters. The van der Waals surface area contributed by atoms with Crippen molar-refractivity contribution >= 4 is 11.8 Å². The molecule has 0 N–H and O–H groups in total. The van der Waals surface area contributed by atoms with Gasteiger partial charge in [0.15, 0.2) is 0 Å². The second kappa shape index (κ2) is 3.33. The van der Waals surface area contributed by atoms with Crippen LogP contribution in [0.4, 0.5) is 0 Å². The third-order valence-electron chi connectivity index (χ3n) is 2.61. The first-order chi connectivity index (χ1) is 5.38. The summed E-state index contributed by atoms with van der Waals surface area (Å²) >= 11 is 2.08. The van der Waals surface area contributed by atoms with Crippen molar-refractivity contribution in [3.8, 4) is 0 Å². The van der Waals surface area contributed by atoms with Gasteiger partial charge in [0.05, 0.1) is 6.61 Å². The van der Waals surface area contributed by atoms with Gasteiger partial charge in [0.2, 0.25) is 0 Å². The highest BCUT2D eigenvalue weighted by atomic mass is 32.2. The summed E-state index contributed by atoms with van der Waals surface area (Å²) in [6.45, 7) is 3.19. The minimum Gasteiger partial charge on any atom is -0.380 e. The Morgan fingerprint density at radius 3 is 3.27 bits per heavy atom. The van der Waals surface area contributed by atoms with Crippen LogP contribution >= 0.6 is 11.8 Å². The molecule has 3 heteroatoms. The Balaban J connectivity index is 1.99. The molecule has 0 saturated carbocycles. The average molecular weight is 173 g/mol. The summed E-state index contributed by atoms with van der Waals surface area (Å²) in [4.78, 5) is 2.49. The molecular weight excluding hydrogens is 158 g/mol. The average Bonchev–Trinajstić information content (AvgIpc) is 2.06. The van der Waals surface area contributed by atoms with E-state index < -0.39 is 0 Å². The lowest BCUT2D eigenvalue weighted by atomic mass is 10.1. The van der Waals surface area contributed by atoms with E-state index in [-0.39, 0.29) is 0 Å². The Hall–Kier alpha value is 0.270. The normalized spacial score (nSPS) is 40.1. The van der Waals surface area contributed by atoms with E-state index in [9.17, 15) is 0 Å². The van der Waals surface area contributed by atoms with Crippen LogP contribution in [0.2, 0.25) is 0 Å². The molecule has 2 nitrogen and oxygen atoms in total. The van der Waals surface area contributed by atoms with E-state index in [2.05, 4.69) is 23.7 Å². The Labute approximate surface area is 72.3 Å². The molecule has 0 aliphatic carbocycles. The van der Waals surface area contributed by atoms with Crippen LogP contribution in [-0.4, -0.2) is 48.8 Å². The summed E-state index contributed by atoms with van der Waals surface area (Å²) in [7, 11) is 2.24. The van der Waals surface area contributed by atoms with Crippen molar-refractivity contribution in [1.82, 2.24) is 4.90 Å². The summed E-state index contributed by atoms with van der Waals surface area (Å²) < 4.78 is 5.44. The van der Waals surface area contributed by atoms with Gasteiger partial charge in [0.25, 0.3) is 0 Å². The smallest absolute Gasteiger partial charge is 0.0600 e. The first kappa shape index (κ1) is 7.90. The molecule has 0 spiro atoms. The summed E-state index contributed by atoms with van der Waals surface area (Å²) in [5.41, 5.74) is 0. The fraction of sp³-hybridized carbons (Fsp3) is 1.00. The monoisotopic (exact) mass is 173 g/mol. The van der Waals surface area contributed by atoms with Crippen molar-refractivity contribution in [3.05, 3.63) is 0 Å². The van der Waals surface area contributed by atoms with Crippen LogP contribution in [-0.2, 0) is 4.74 Å². The van der Waals surface area contributed by atoms with E-state index in [4.69, 9.17) is 4.74 Å². The zero-order valence-corrected chi connectivity index (χ0v) is 7.77. The van der Waals surface area contributed by atoms with E-state index in [1.807, 2.05) is 0 Å². The third-order valence-corrected chi connectivity index (χ3v) is 3.91. The lowest BCUT2D eigenvalue weighted by Crippen LogP contribution is -2.50. The fourth-order valence-corrected chi connectivity index (χ4v) is 3.33. The predicted molar refractivity (Wildman–Crippen MR) is 48.1 cm³/mol. The highest BCUT2D eigenvalue weighted by Crippen LogP contribution is 2.28. The van der Waals surface area contributed by atoms with Gasteiger partial charge in [0.1, 0.15) is 0 Å². The molecule has 2 fully saturated rings. The molecule has 11 heavy (non-hydrogen) atoms. The topological polar surface area (TPSA) is 12.5 Å². The number of fused-ring (bicyclic) bond motifs is 1. The largest absolute Gasteiger partial charge is 0.380 e. The van der Waals surface area contributed by atoms with Crippen LogP contribution < -0.4 is 0 Å². The van der Waals surface area contributed by atoms with Crippen LogP contribution in [0.15, 0.2) is 0 Å². The van der Waals surface area contributed by atoms with Crippen LogP contribution in [0, 0.1) is 0 Å². The molecule has 0 aromatic rings. The van der Waals surface area contributed by atoms with E-state index in [1.54, 1.807) is 0 Å². The molecule has 0 aromatic carbocycles. The minimum absolute atomic E-state index is 0.752. The molecule has 0 amide bonds. The quantitative estimate of drug-likeness (QED) is 0.538. The molecule has 2 rings (SSSR count). The SMILES string of the molecule is CN1CCSC2COCCC21. The zero-order chi connectivity index (χ0) is 7.68. The van der Waals surface area contributed by atoms with Gasteiger partial charge in [-0.1, -0.05) is 0 Å². The molecule has 64 valence electrons. The summed E-state index contributed by atoms with van der Waals surface area (Å²) in [6.07, 6.45) is 1.23. The maximum absolute atomic E-state index is 5.44. The van der Waals surface area contributed by atoms with Gasteiger partial charge in [-0.05, 0) is 13.5 Å². The highest BCUT2D eigenvalue weighted by Gasteiger charge is 2.31. The molecular formula is C8H15NOS. The van der Waals surface area contributed by atoms with E-state index in [0.717, 1.165) is 24.5 Å². The summed E-state index contributed by atoms with van der Waals surface area (Å²) in [5.74, 6) is 1.28. The Bertz CT molecular complexity index is 140. The number of hydrogen-bond acceptors (Lipinski definition) is 3. The third kappa shape index (κ3) is 1.55. The van der Waals surface area contributed by atoms with Crippen LogP contribution in [0.25, 0.3) is 0 Å². The number of rotatable bonds is 0. The molecule has 2 aliphatic heterocycles. The van der Waals surface area contributed by atoms with E-state index in [1.165, 1.54) is 18.7 Å². The van der Waals surface area contributed by atoms with Gasteiger partial charge >= 0.3 is 0 Å². The summed E-state index contributed by atoms with van der Waals surface area (Å²) in [6, 6.07) is 0.794. The lowest BCUT2D eigenvalue weighted by Gasteiger charge is -2.41. The molecule has 2 aliphatic rings. The lowest BCUT2D eigenvalue weighted by molar-refractivity contribution is 0.0473. The van der Waals surface area contributed by atoms with Crippen molar-refractivity contribution in [2.45, 2.75) is 17.7 Å². The van der Waals surface area contributed by atoms with E-state index >= 15 is 0 Å². The Kier molecular flexibility index (Phi) is 2.39. The highest BCUT2D eigenvalue weighted by molar-refractivity contribution is 8.00. The first-order valence-electron chi connectivity index (χ1n) is 4.27. The molecule has 2 heterocycles. The van der Waals surface area contributed by atoms with Crippen LogP contribution in [0.5, 0.6) is 0 Å². The molecule has 2 saturated heterocycles. The maximum atomic E-state index is 5.44. The van der Waals surface area contributed by atoms with Crippen LogP contribution in [0.3, 0.4) is 0 Å². The standard InChI is InChI=1S/C8H15NOS/c1-9-3-5-11-8-6-10-4-2-7(8)9/h7-8H,2-6H2,1H3. The second-order valence-corrected chi connectivity index (χ2v) is 4.67. The van der Waals surface area contributed by atoms with Gasteiger partial charge in [-0.15, -0.1) is 0 Å². The van der Waals surface area contributed by atoms with Crippen molar-refractivity contribution in [2.75, 3.05) is 32.6 Å². The summed E-state index contributed by atoms with van der Waals surface area (Å²) in [5, 5.41) is 0.752.